The van der Waals surface area contributed by atoms with E-state index in [0.29, 0.717) is 49.6 Å². The van der Waals surface area contributed by atoms with Crippen LogP contribution in [0, 0.1) is 0 Å². The first-order valence-corrected chi connectivity index (χ1v) is 17.5. The van der Waals surface area contributed by atoms with Crippen LogP contribution in [0.15, 0.2) is 36.5 Å². The molecule has 21 heteroatoms. The van der Waals surface area contributed by atoms with Crippen molar-refractivity contribution in [1.82, 2.24) is 14.9 Å². The number of carbonyl (C=O) groups is 1. The molecule has 290 valence electrons. The van der Waals surface area contributed by atoms with Gasteiger partial charge in [-0.2, -0.15) is 44.5 Å². The Labute approximate surface area is 295 Å². The molecule has 1 saturated carbocycles. The summed E-state index contributed by atoms with van der Waals surface area (Å²) in [6.07, 6.45) is -18.7. The molecule has 5 N–H and O–H groups in total. The Morgan fingerprint density at radius 3 is 2.08 bits per heavy atom. The number of fused-ring (bicyclic) bond motifs is 1. The Morgan fingerprint density at radius 1 is 0.925 bits per heavy atom. The molecule has 1 aliphatic heterocycles. The normalized spacial score (nSPS) is 18.6. The van der Waals surface area contributed by atoms with E-state index in [1.807, 2.05) is 0 Å². The van der Waals surface area contributed by atoms with Crippen LogP contribution in [0.4, 0.5) is 62.7 Å². The second-order valence-corrected chi connectivity index (χ2v) is 14.9. The van der Waals surface area contributed by atoms with E-state index in [0.717, 1.165) is 18.7 Å². The molecule has 0 unspecified atom stereocenters. The van der Waals surface area contributed by atoms with Crippen molar-refractivity contribution in [2.45, 2.75) is 80.8 Å². The Hall–Kier alpha value is -4.13. The summed E-state index contributed by atoms with van der Waals surface area (Å²) in [4.78, 5) is 42.0. The van der Waals surface area contributed by atoms with Crippen LogP contribution in [0.25, 0.3) is 0 Å². The number of amides is 1. The van der Waals surface area contributed by atoms with Crippen LogP contribution in [0.3, 0.4) is 0 Å². The number of ether oxygens (including phenoxy) is 1. The highest BCUT2D eigenvalue weighted by molar-refractivity contribution is 7.53. The first-order valence-electron chi connectivity index (χ1n) is 15.9. The number of carbonyl (C=O) groups excluding carboxylic acids is 1. The van der Waals surface area contributed by atoms with Crippen molar-refractivity contribution in [2.24, 2.45) is 0 Å². The summed E-state index contributed by atoms with van der Waals surface area (Å²) < 4.78 is 141. The number of hydrogen-bond donors (Lipinski definition) is 5. The average Bonchev–Trinajstić information content (AvgIpc) is 3.33. The van der Waals surface area contributed by atoms with Gasteiger partial charge in [0, 0.05) is 19.8 Å². The smallest absolute Gasteiger partial charge is 0.421 e. The van der Waals surface area contributed by atoms with Crippen molar-refractivity contribution in [3.05, 3.63) is 64.3 Å². The molecule has 0 bridgehead atoms. The average molecular weight is 786 g/mol. The van der Waals surface area contributed by atoms with Gasteiger partial charge in [0.2, 0.25) is 5.95 Å². The molecule has 0 saturated heterocycles. The summed E-state index contributed by atoms with van der Waals surface area (Å²) >= 11 is 0. The molecule has 1 aliphatic carbocycles. The van der Waals surface area contributed by atoms with Gasteiger partial charge in [-0.3, -0.25) is 9.36 Å². The molecule has 1 amide bonds. The maximum atomic E-state index is 14.2. The number of halogens is 9. The summed E-state index contributed by atoms with van der Waals surface area (Å²) in [6.45, 7) is 0.186. The zero-order chi connectivity index (χ0) is 39.3. The lowest BCUT2D eigenvalue weighted by atomic mass is 9.80. The molecule has 0 radical (unpaired) electrons. The van der Waals surface area contributed by atoms with Crippen LogP contribution in [-0.2, 0) is 22.4 Å². The van der Waals surface area contributed by atoms with Gasteiger partial charge >= 0.3 is 26.1 Å². The fourth-order valence-corrected chi connectivity index (χ4v) is 8.08. The molecule has 2 aliphatic rings. The third-order valence-electron chi connectivity index (χ3n) is 9.32. The van der Waals surface area contributed by atoms with Crippen LogP contribution >= 0.6 is 7.60 Å². The number of rotatable bonds is 10. The number of anilines is 4. The van der Waals surface area contributed by atoms with Gasteiger partial charge in [0.25, 0.3) is 5.91 Å². The van der Waals surface area contributed by atoms with Gasteiger partial charge < -0.3 is 35.2 Å². The molecule has 2 aromatic carbocycles. The van der Waals surface area contributed by atoms with Crippen LogP contribution in [0.2, 0.25) is 0 Å². The van der Waals surface area contributed by atoms with Crippen LogP contribution < -0.4 is 15.4 Å². The Bertz CT molecular complexity index is 1890. The number of aromatic nitrogens is 2. The largest absolute Gasteiger partial charge is 0.495 e. The number of nitrogens with zero attached hydrogens (tertiary/aromatic N) is 3. The highest BCUT2D eigenvalue weighted by Crippen LogP contribution is 2.65. The Balaban J connectivity index is 1.54. The lowest BCUT2D eigenvalue weighted by molar-refractivity contribution is -0.171. The number of hydrogen-bond acceptors (Lipinski definition) is 8. The zero-order valence-electron chi connectivity index (χ0n) is 27.8. The van der Waals surface area contributed by atoms with E-state index in [9.17, 15) is 63.8 Å². The molecular weight excluding hydrogens is 752 g/mol. The lowest BCUT2D eigenvalue weighted by Crippen LogP contribution is -2.37. The third-order valence-corrected chi connectivity index (χ3v) is 11.0. The number of aliphatic hydroxyl groups excluding tert-OH is 1. The van der Waals surface area contributed by atoms with Crippen LogP contribution in [0.1, 0.15) is 77.1 Å². The quantitative estimate of drug-likeness (QED) is 0.101. The summed E-state index contributed by atoms with van der Waals surface area (Å²) in [7, 11) is -3.75. The SMILES string of the molecule is COc1cc(C(CC(F)(F)F)(CC(F)(F)F)P(=O)(O)O)ccc1Nc1ncc(C(F)(F)F)c(Nc2ccc([C@H]3CC[C@H](O)CC3)c3c2C(=O)N(C)C3)n1. The minimum absolute atomic E-state index is 0.00543. The number of alkyl halides is 9. The molecule has 0 atom stereocenters. The van der Waals surface area contributed by atoms with Crippen LogP contribution in [0.5, 0.6) is 5.75 Å². The predicted octanol–water partition coefficient (Wildman–Crippen LogP) is 7.87. The first kappa shape index (κ1) is 40.1. The summed E-state index contributed by atoms with van der Waals surface area (Å²) in [5, 5.41) is 11.2. The maximum absolute atomic E-state index is 14.2. The fraction of sp³-hybridized carbons (Fsp3) is 0.469. The van der Waals surface area contributed by atoms with Gasteiger partial charge in [0.15, 0.2) is 0 Å². The van der Waals surface area contributed by atoms with Gasteiger partial charge in [-0.1, -0.05) is 12.1 Å². The second kappa shape index (κ2) is 14.3. The molecule has 5 rings (SSSR count). The van der Waals surface area contributed by atoms with Gasteiger partial charge in [-0.25, -0.2) is 4.98 Å². The highest BCUT2D eigenvalue weighted by Gasteiger charge is 2.59. The van der Waals surface area contributed by atoms with Crippen molar-refractivity contribution in [3.63, 3.8) is 0 Å². The molecule has 3 aromatic rings. The minimum atomic E-state index is -6.22. The van der Waals surface area contributed by atoms with E-state index in [1.165, 1.54) is 18.0 Å². The monoisotopic (exact) mass is 785 g/mol. The fourth-order valence-electron chi connectivity index (χ4n) is 6.83. The Kier molecular flexibility index (Phi) is 10.8. The number of methoxy groups -OCH3 is 1. The van der Waals surface area contributed by atoms with E-state index in [-0.39, 0.29) is 29.4 Å². The maximum Gasteiger partial charge on any atom is 0.421 e. The van der Waals surface area contributed by atoms with Crippen molar-refractivity contribution >= 4 is 36.6 Å². The van der Waals surface area contributed by atoms with Crippen molar-refractivity contribution in [2.75, 3.05) is 24.8 Å². The zero-order valence-corrected chi connectivity index (χ0v) is 28.7. The highest BCUT2D eigenvalue weighted by atomic mass is 31.2. The summed E-state index contributed by atoms with van der Waals surface area (Å²) in [6, 6.07) is 5.09. The topological polar surface area (TPSA) is 157 Å². The van der Waals surface area contributed by atoms with Crippen molar-refractivity contribution < 1.29 is 68.5 Å². The molecule has 53 heavy (non-hydrogen) atoms. The lowest BCUT2D eigenvalue weighted by Gasteiger charge is -2.36. The number of aliphatic hydroxyl groups is 1. The summed E-state index contributed by atoms with van der Waals surface area (Å²) in [5.41, 5.74) is -1.17. The molecule has 1 fully saturated rings. The van der Waals surface area contributed by atoms with E-state index in [1.54, 1.807) is 6.07 Å². The van der Waals surface area contributed by atoms with Gasteiger partial charge in [0.05, 0.1) is 43.0 Å². The van der Waals surface area contributed by atoms with Gasteiger partial charge in [-0.05, 0) is 66.5 Å². The number of nitrogens with one attached hydrogen (secondary N) is 2. The standard InChI is InChI=1S/C32H33F9N5O6P/c1-46-13-20-19(16-3-6-18(47)7-4-16)8-10-23(25(20)27(46)48)43-26-21(32(39,40)41)12-42-28(45-26)44-22-9-5-17(11-24(22)52-2)29(53(49,50)51,14-30(33,34)35)15-31(36,37)38/h5,8-12,16,18,47H,3-4,6-7,13-15H2,1-2H3,(H2,49,50,51)(H2,42,43,44,45)/t16-,18-. The second-order valence-electron chi connectivity index (χ2n) is 13.0. The minimum Gasteiger partial charge on any atom is -0.495 e. The van der Waals surface area contributed by atoms with Gasteiger partial charge in [0.1, 0.15) is 22.3 Å². The van der Waals surface area contributed by atoms with E-state index in [2.05, 4.69) is 20.6 Å². The van der Waals surface area contributed by atoms with Crippen molar-refractivity contribution in [1.29, 1.82) is 0 Å². The predicted molar refractivity (Wildman–Crippen MR) is 171 cm³/mol. The molecule has 11 nitrogen and oxygen atoms in total. The van der Waals surface area contributed by atoms with Crippen LogP contribution in [-0.4, -0.2) is 68.3 Å². The third kappa shape index (κ3) is 8.66. The van der Waals surface area contributed by atoms with E-state index >= 15 is 0 Å². The summed E-state index contributed by atoms with van der Waals surface area (Å²) in [5.74, 6) is -2.40. The molecular formula is C32H33F9N5O6P. The molecule has 0 spiro atoms. The Morgan fingerprint density at radius 2 is 1.53 bits per heavy atom. The van der Waals surface area contributed by atoms with E-state index < -0.39 is 84.8 Å². The van der Waals surface area contributed by atoms with Gasteiger partial charge in [-0.15, -0.1) is 0 Å². The molecule has 1 aromatic heterocycles. The van der Waals surface area contributed by atoms with E-state index in [4.69, 9.17) is 4.74 Å². The first-order chi connectivity index (χ1) is 24.4. The van der Waals surface area contributed by atoms with Crippen molar-refractivity contribution in [3.8, 4) is 5.75 Å². The molecule has 2 heterocycles. The number of benzene rings is 2.